The van der Waals surface area contributed by atoms with Crippen molar-refractivity contribution >= 4 is 11.9 Å². The molecule has 1 amide bonds. The Morgan fingerprint density at radius 1 is 1.14 bits per heavy atom. The van der Waals surface area contributed by atoms with Crippen LogP contribution >= 0.6 is 0 Å². The fourth-order valence-corrected chi connectivity index (χ4v) is 2.86. The van der Waals surface area contributed by atoms with E-state index in [1.807, 2.05) is 26.0 Å². The molecule has 0 unspecified atom stereocenters. The predicted molar refractivity (Wildman–Crippen MR) is 107 cm³/mol. The van der Waals surface area contributed by atoms with Crippen molar-refractivity contribution in [3.63, 3.8) is 0 Å². The van der Waals surface area contributed by atoms with Gasteiger partial charge in [0.15, 0.2) is 0 Å². The van der Waals surface area contributed by atoms with Crippen LogP contribution in [0, 0.1) is 13.8 Å². The van der Waals surface area contributed by atoms with E-state index in [0.717, 1.165) is 5.56 Å². The first-order chi connectivity index (χ1) is 13.9. The normalized spacial score (nSPS) is 11.7. The molecule has 8 nitrogen and oxygen atoms in total. The molecule has 8 heteroatoms. The van der Waals surface area contributed by atoms with Gasteiger partial charge < -0.3 is 10.1 Å². The van der Waals surface area contributed by atoms with Crippen LogP contribution in [0.1, 0.15) is 40.0 Å². The SMILES string of the molecule is COC(=O)c1cccc(-c2nnn(CC(=O)N[C@@H](C)c3ccc(C)c(C)c3)n2)c1. The van der Waals surface area contributed by atoms with Gasteiger partial charge in [-0.05, 0) is 54.8 Å². The lowest BCUT2D eigenvalue weighted by Crippen LogP contribution is -2.30. The standard InChI is InChI=1S/C21H23N5O3/c1-13-8-9-16(10-14(13)2)15(3)22-19(27)12-26-24-20(23-25-26)17-6-5-7-18(11-17)21(28)29-4/h5-11,15H,12H2,1-4H3,(H,22,27)/t15-/m0/s1. The van der Waals surface area contributed by atoms with Crippen molar-refractivity contribution in [1.82, 2.24) is 25.5 Å². The minimum Gasteiger partial charge on any atom is -0.465 e. The van der Waals surface area contributed by atoms with Gasteiger partial charge in [-0.1, -0.05) is 30.3 Å². The molecule has 0 aliphatic rings. The molecule has 150 valence electrons. The highest BCUT2D eigenvalue weighted by Crippen LogP contribution is 2.17. The number of carbonyl (C=O) groups excluding carboxylic acids is 2. The van der Waals surface area contributed by atoms with Crippen LogP contribution in [0.3, 0.4) is 0 Å². The lowest BCUT2D eigenvalue weighted by molar-refractivity contribution is -0.122. The molecule has 0 radical (unpaired) electrons. The van der Waals surface area contributed by atoms with Crippen LogP contribution in [-0.4, -0.2) is 39.2 Å². The fourth-order valence-electron chi connectivity index (χ4n) is 2.86. The first-order valence-corrected chi connectivity index (χ1v) is 9.20. The van der Waals surface area contributed by atoms with Crippen LogP contribution < -0.4 is 5.32 Å². The van der Waals surface area contributed by atoms with E-state index in [9.17, 15) is 9.59 Å². The summed E-state index contributed by atoms with van der Waals surface area (Å²) in [6.45, 7) is 5.97. The Kier molecular flexibility index (Phi) is 6.01. The molecule has 0 saturated heterocycles. The highest BCUT2D eigenvalue weighted by atomic mass is 16.5. The zero-order valence-electron chi connectivity index (χ0n) is 16.8. The van der Waals surface area contributed by atoms with Gasteiger partial charge in [0, 0.05) is 5.56 Å². The number of aryl methyl sites for hydroxylation is 2. The zero-order chi connectivity index (χ0) is 21.0. The molecule has 1 atom stereocenters. The first kappa shape index (κ1) is 20.2. The Bertz CT molecular complexity index is 1040. The molecule has 1 aromatic heterocycles. The number of hydrogen-bond acceptors (Lipinski definition) is 6. The number of tetrazole rings is 1. The average molecular weight is 393 g/mol. The quantitative estimate of drug-likeness (QED) is 0.647. The van der Waals surface area contributed by atoms with Gasteiger partial charge >= 0.3 is 5.97 Å². The maximum Gasteiger partial charge on any atom is 0.337 e. The van der Waals surface area contributed by atoms with Crippen molar-refractivity contribution in [2.45, 2.75) is 33.4 Å². The lowest BCUT2D eigenvalue weighted by atomic mass is 10.0. The maximum absolute atomic E-state index is 12.4. The monoisotopic (exact) mass is 393 g/mol. The molecule has 0 spiro atoms. The Labute approximate surface area is 168 Å². The van der Waals surface area contributed by atoms with Crippen LogP contribution in [0.15, 0.2) is 42.5 Å². The van der Waals surface area contributed by atoms with Gasteiger partial charge in [-0.25, -0.2) is 4.79 Å². The molecule has 0 fully saturated rings. The third-order valence-corrected chi connectivity index (χ3v) is 4.69. The van der Waals surface area contributed by atoms with Crippen LogP contribution in [0.25, 0.3) is 11.4 Å². The van der Waals surface area contributed by atoms with Crippen molar-refractivity contribution in [3.8, 4) is 11.4 Å². The van der Waals surface area contributed by atoms with E-state index in [4.69, 9.17) is 4.74 Å². The topological polar surface area (TPSA) is 99.0 Å². The summed E-state index contributed by atoms with van der Waals surface area (Å²) in [5.41, 5.74) is 4.43. The van der Waals surface area contributed by atoms with Crippen LogP contribution in [-0.2, 0) is 16.1 Å². The number of benzene rings is 2. The largest absolute Gasteiger partial charge is 0.465 e. The highest BCUT2D eigenvalue weighted by molar-refractivity contribution is 5.90. The second-order valence-corrected chi connectivity index (χ2v) is 6.85. The number of carbonyl (C=O) groups is 2. The molecule has 0 bridgehead atoms. The number of nitrogens with zero attached hydrogens (tertiary/aromatic N) is 4. The van der Waals surface area contributed by atoms with E-state index in [2.05, 4.69) is 33.7 Å². The Balaban J connectivity index is 1.66. The number of aromatic nitrogens is 4. The Hall–Kier alpha value is -3.55. The third-order valence-electron chi connectivity index (χ3n) is 4.69. The number of esters is 1. The first-order valence-electron chi connectivity index (χ1n) is 9.20. The van der Waals surface area contributed by atoms with Gasteiger partial charge in [0.05, 0.1) is 18.7 Å². The predicted octanol–water partition coefficient (Wildman–Crippen LogP) is 2.62. The van der Waals surface area contributed by atoms with Gasteiger partial charge in [-0.2, -0.15) is 4.80 Å². The smallest absolute Gasteiger partial charge is 0.337 e. The van der Waals surface area contributed by atoms with Gasteiger partial charge in [0.25, 0.3) is 0 Å². The highest BCUT2D eigenvalue weighted by Gasteiger charge is 2.14. The Morgan fingerprint density at radius 3 is 2.66 bits per heavy atom. The summed E-state index contributed by atoms with van der Waals surface area (Å²) in [6, 6.07) is 12.7. The van der Waals surface area contributed by atoms with E-state index in [1.165, 1.54) is 23.0 Å². The van der Waals surface area contributed by atoms with E-state index >= 15 is 0 Å². The summed E-state index contributed by atoms with van der Waals surface area (Å²) >= 11 is 0. The van der Waals surface area contributed by atoms with Gasteiger partial charge in [-0.15, -0.1) is 10.2 Å². The lowest BCUT2D eigenvalue weighted by Gasteiger charge is -2.15. The van der Waals surface area contributed by atoms with Gasteiger partial charge in [0.2, 0.25) is 11.7 Å². The maximum atomic E-state index is 12.4. The fraction of sp³-hybridized carbons (Fsp3) is 0.286. The second-order valence-electron chi connectivity index (χ2n) is 6.85. The summed E-state index contributed by atoms with van der Waals surface area (Å²) in [5, 5.41) is 15.1. The summed E-state index contributed by atoms with van der Waals surface area (Å²) < 4.78 is 4.72. The number of hydrogen-bond donors (Lipinski definition) is 1. The number of amides is 1. The number of methoxy groups -OCH3 is 1. The summed E-state index contributed by atoms with van der Waals surface area (Å²) in [5.74, 6) is -0.340. The molecule has 3 aromatic rings. The van der Waals surface area contributed by atoms with Crippen molar-refractivity contribution < 1.29 is 14.3 Å². The number of rotatable bonds is 6. The summed E-state index contributed by atoms with van der Waals surface area (Å²) in [6.07, 6.45) is 0. The Morgan fingerprint density at radius 2 is 1.93 bits per heavy atom. The molecule has 1 heterocycles. The summed E-state index contributed by atoms with van der Waals surface area (Å²) in [7, 11) is 1.32. The van der Waals surface area contributed by atoms with E-state index < -0.39 is 5.97 Å². The second kappa shape index (κ2) is 8.64. The molecule has 0 aliphatic heterocycles. The molecule has 2 aromatic carbocycles. The molecule has 0 saturated carbocycles. The van der Waals surface area contributed by atoms with Gasteiger partial charge in [-0.3, -0.25) is 4.79 Å². The van der Waals surface area contributed by atoms with E-state index in [0.29, 0.717) is 17.0 Å². The summed E-state index contributed by atoms with van der Waals surface area (Å²) in [4.78, 5) is 25.3. The molecular weight excluding hydrogens is 370 g/mol. The average Bonchev–Trinajstić information content (AvgIpc) is 3.17. The van der Waals surface area contributed by atoms with Crippen molar-refractivity contribution in [1.29, 1.82) is 0 Å². The van der Waals surface area contributed by atoms with Crippen LogP contribution in [0.5, 0.6) is 0 Å². The molecule has 0 aliphatic carbocycles. The number of nitrogens with one attached hydrogen (secondary N) is 1. The van der Waals surface area contributed by atoms with Crippen LogP contribution in [0.4, 0.5) is 0 Å². The van der Waals surface area contributed by atoms with Crippen molar-refractivity contribution in [3.05, 3.63) is 64.7 Å². The third kappa shape index (κ3) is 4.84. The molecular formula is C21H23N5O3. The minimum atomic E-state index is -0.445. The molecule has 29 heavy (non-hydrogen) atoms. The molecule has 1 N–H and O–H groups in total. The van der Waals surface area contributed by atoms with Crippen LogP contribution in [0.2, 0.25) is 0 Å². The van der Waals surface area contributed by atoms with Crippen molar-refractivity contribution in [2.75, 3.05) is 7.11 Å². The van der Waals surface area contributed by atoms with Crippen molar-refractivity contribution in [2.24, 2.45) is 0 Å². The number of ether oxygens (including phenoxy) is 1. The van der Waals surface area contributed by atoms with E-state index in [1.54, 1.807) is 24.3 Å². The van der Waals surface area contributed by atoms with Gasteiger partial charge in [0.1, 0.15) is 6.54 Å². The minimum absolute atomic E-state index is 0.0567. The zero-order valence-corrected chi connectivity index (χ0v) is 16.8. The molecule has 3 rings (SSSR count). The van der Waals surface area contributed by atoms with E-state index in [-0.39, 0.29) is 18.5 Å².